The number of carbonyl (C=O) groups is 2. The number of likely N-dealkylation sites (tertiary alicyclic amines) is 1. The quantitative estimate of drug-likeness (QED) is 0.284. The van der Waals surface area contributed by atoms with Gasteiger partial charge in [-0.05, 0) is 38.1 Å². The van der Waals surface area contributed by atoms with E-state index in [1.165, 1.54) is 26.4 Å². The Bertz CT molecular complexity index is 1750. The van der Waals surface area contributed by atoms with Gasteiger partial charge in [0, 0.05) is 36.5 Å². The Morgan fingerprint density at radius 2 is 1.72 bits per heavy atom. The van der Waals surface area contributed by atoms with E-state index in [1.54, 1.807) is 30.5 Å². The van der Waals surface area contributed by atoms with Gasteiger partial charge in [0.25, 0.3) is 11.5 Å². The third-order valence-electron chi connectivity index (χ3n) is 7.38. The minimum absolute atomic E-state index is 0.0697. The number of nitrogens with one attached hydrogen (secondary N) is 1. The molecule has 0 unspecified atom stereocenters. The molecule has 3 heterocycles. The summed E-state index contributed by atoms with van der Waals surface area (Å²) < 4.78 is 6.64. The largest absolute Gasteiger partial charge is 0.481 e. The first-order valence-electron chi connectivity index (χ1n) is 13.4. The van der Waals surface area contributed by atoms with Gasteiger partial charge in [-0.15, -0.1) is 0 Å². The lowest BCUT2D eigenvalue weighted by Gasteiger charge is -2.29. The maximum absolute atomic E-state index is 12.9. The highest BCUT2D eigenvalue weighted by Crippen LogP contribution is 2.41. The predicted molar refractivity (Wildman–Crippen MR) is 163 cm³/mol. The van der Waals surface area contributed by atoms with Crippen LogP contribution in [0.1, 0.15) is 28.9 Å². The number of aliphatic carboxylic acids is 1. The fourth-order valence-corrected chi connectivity index (χ4v) is 5.59. The zero-order chi connectivity index (χ0) is 30.7. The minimum Gasteiger partial charge on any atom is -0.481 e. The molecule has 1 amide bonds. The van der Waals surface area contributed by atoms with Crippen molar-refractivity contribution >= 4 is 40.8 Å². The van der Waals surface area contributed by atoms with Gasteiger partial charge in [-0.1, -0.05) is 53.5 Å². The highest BCUT2D eigenvalue weighted by atomic mass is 35.5. The van der Waals surface area contributed by atoms with Crippen LogP contribution in [0.15, 0.2) is 59.7 Å². The van der Waals surface area contributed by atoms with E-state index in [1.807, 2.05) is 12.1 Å². The number of amides is 1. The van der Waals surface area contributed by atoms with E-state index in [0.717, 1.165) is 4.68 Å². The van der Waals surface area contributed by atoms with Crippen molar-refractivity contribution in [2.75, 3.05) is 25.5 Å². The van der Waals surface area contributed by atoms with E-state index in [0.29, 0.717) is 77.1 Å². The number of methoxy groups -OCH3 is 1. The summed E-state index contributed by atoms with van der Waals surface area (Å²) in [6.07, 6.45) is 4.16. The monoisotopic (exact) mass is 622 g/mol. The first kappa shape index (κ1) is 30.1. The van der Waals surface area contributed by atoms with Crippen LogP contribution in [0.25, 0.3) is 22.4 Å². The Kier molecular flexibility index (Phi) is 9.05. The Morgan fingerprint density at radius 3 is 2.42 bits per heavy atom. The molecule has 2 aromatic carbocycles. The molecule has 1 saturated heterocycles. The lowest BCUT2D eigenvalue weighted by atomic mass is 9.97. The average Bonchev–Trinajstić information content (AvgIpc) is 3.00. The molecule has 0 saturated carbocycles. The summed E-state index contributed by atoms with van der Waals surface area (Å²) in [7, 11) is 2.98. The van der Waals surface area contributed by atoms with E-state index in [2.05, 4.69) is 25.3 Å². The molecule has 2 N–H and O–H groups in total. The number of ether oxygens (including phenoxy) is 1. The molecule has 0 radical (unpaired) electrons. The number of piperidine rings is 1. The van der Waals surface area contributed by atoms with Crippen molar-refractivity contribution in [3.63, 3.8) is 0 Å². The lowest BCUT2D eigenvalue weighted by Crippen LogP contribution is -2.36. The number of aromatic nitrogens is 4. The SMILES string of the molecule is COc1nc(-c2cccc(-c3cccc(NC(=O)c4ccnn(C)c4=O)c3Cl)c2Cl)cnc1CN1CCC(C(=O)O)CC1. The van der Waals surface area contributed by atoms with Crippen LogP contribution in [0.4, 0.5) is 5.69 Å². The second-order valence-corrected chi connectivity index (χ2v) is 10.8. The highest BCUT2D eigenvalue weighted by Gasteiger charge is 2.26. The van der Waals surface area contributed by atoms with Crippen LogP contribution in [0.5, 0.6) is 5.88 Å². The second kappa shape index (κ2) is 12.9. The number of nitrogens with zero attached hydrogens (tertiary/aromatic N) is 5. The predicted octanol–water partition coefficient (Wildman–Crippen LogP) is 4.77. The number of carboxylic acid groups (broad SMARTS) is 1. The van der Waals surface area contributed by atoms with Crippen molar-refractivity contribution in [1.29, 1.82) is 0 Å². The van der Waals surface area contributed by atoms with E-state index in [9.17, 15) is 19.5 Å². The van der Waals surface area contributed by atoms with Crippen molar-refractivity contribution in [3.8, 4) is 28.3 Å². The molecule has 43 heavy (non-hydrogen) atoms. The Hall–Kier alpha value is -4.32. The summed E-state index contributed by atoms with van der Waals surface area (Å²) in [5.41, 5.74) is 2.61. The van der Waals surface area contributed by atoms with Gasteiger partial charge in [-0.3, -0.25) is 24.3 Å². The first-order valence-corrected chi connectivity index (χ1v) is 14.2. The molecular weight excluding hydrogens is 595 g/mol. The van der Waals surface area contributed by atoms with Crippen LogP contribution in [0, 0.1) is 5.92 Å². The standard InChI is InChI=1S/C30H28Cl2N6O5/c1-37-29(40)21(9-12-34-37)27(39)35-22-8-4-6-19(26(22)32)18-5-3-7-20(25(18)31)23-15-33-24(28(36-23)43-2)16-38-13-10-17(11-14-38)30(41)42/h3-9,12,15,17H,10-11,13-14,16H2,1-2H3,(H,35,39)(H,41,42). The fourth-order valence-electron chi connectivity index (χ4n) is 4.99. The maximum atomic E-state index is 12.9. The Morgan fingerprint density at radius 1 is 1.05 bits per heavy atom. The number of hydrogen-bond donors (Lipinski definition) is 2. The Labute approximate surface area is 257 Å². The van der Waals surface area contributed by atoms with E-state index < -0.39 is 17.4 Å². The number of halogens is 2. The molecule has 11 nitrogen and oxygen atoms in total. The van der Waals surface area contributed by atoms with E-state index in [-0.39, 0.29) is 16.5 Å². The van der Waals surface area contributed by atoms with Gasteiger partial charge < -0.3 is 15.2 Å². The summed E-state index contributed by atoms with van der Waals surface area (Å²) in [4.78, 5) is 47.9. The van der Waals surface area contributed by atoms with Crippen LogP contribution in [-0.2, 0) is 18.4 Å². The number of rotatable bonds is 8. The van der Waals surface area contributed by atoms with Gasteiger partial charge in [0.1, 0.15) is 11.3 Å². The molecule has 0 bridgehead atoms. The summed E-state index contributed by atoms with van der Waals surface area (Å²) in [5.74, 6) is -1.34. The summed E-state index contributed by atoms with van der Waals surface area (Å²) in [5, 5.41) is 16.4. The first-order chi connectivity index (χ1) is 20.7. The summed E-state index contributed by atoms with van der Waals surface area (Å²) in [6.45, 7) is 1.78. The lowest BCUT2D eigenvalue weighted by molar-refractivity contribution is -0.143. The van der Waals surface area contributed by atoms with Crippen LogP contribution in [-0.4, -0.2) is 61.8 Å². The molecule has 0 aliphatic carbocycles. The van der Waals surface area contributed by atoms with Crippen molar-refractivity contribution in [3.05, 3.63) is 86.5 Å². The number of anilines is 1. The molecule has 2 aromatic heterocycles. The van der Waals surface area contributed by atoms with Crippen molar-refractivity contribution in [1.82, 2.24) is 24.6 Å². The molecule has 1 aliphatic heterocycles. The van der Waals surface area contributed by atoms with Gasteiger partial charge >= 0.3 is 5.97 Å². The molecule has 13 heteroatoms. The van der Waals surface area contributed by atoms with Crippen molar-refractivity contribution in [2.24, 2.45) is 13.0 Å². The van der Waals surface area contributed by atoms with Crippen molar-refractivity contribution in [2.45, 2.75) is 19.4 Å². The highest BCUT2D eigenvalue weighted by molar-refractivity contribution is 6.39. The second-order valence-electron chi connectivity index (χ2n) is 10.1. The molecule has 0 atom stereocenters. The topological polar surface area (TPSA) is 140 Å². The number of aryl methyl sites for hydroxylation is 1. The van der Waals surface area contributed by atoms with E-state index >= 15 is 0 Å². The molecule has 1 fully saturated rings. The normalized spacial score (nSPS) is 14.0. The van der Waals surface area contributed by atoms with Crippen molar-refractivity contribution < 1.29 is 19.4 Å². The molecule has 5 rings (SSSR count). The Balaban J connectivity index is 1.40. The summed E-state index contributed by atoms with van der Waals surface area (Å²) >= 11 is 13.7. The third kappa shape index (κ3) is 6.38. The number of benzene rings is 2. The molecule has 0 spiro atoms. The fraction of sp³-hybridized carbons (Fsp3) is 0.267. The summed E-state index contributed by atoms with van der Waals surface area (Å²) in [6, 6.07) is 11.9. The minimum atomic E-state index is -0.754. The molecular formula is C30H28Cl2N6O5. The van der Waals surface area contributed by atoms with Crippen LogP contribution >= 0.6 is 23.2 Å². The average molecular weight is 623 g/mol. The number of carbonyl (C=O) groups excluding carboxylic acids is 1. The molecule has 4 aromatic rings. The van der Waals surface area contributed by atoms with Gasteiger partial charge in [-0.2, -0.15) is 5.10 Å². The molecule has 222 valence electrons. The van der Waals surface area contributed by atoms with Gasteiger partial charge in [0.15, 0.2) is 0 Å². The van der Waals surface area contributed by atoms with Crippen LogP contribution in [0.2, 0.25) is 10.0 Å². The molecule has 1 aliphatic rings. The number of carboxylic acids is 1. The van der Waals surface area contributed by atoms with Crippen LogP contribution < -0.4 is 15.6 Å². The van der Waals surface area contributed by atoms with Crippen LogP contribution in [0.3, 0.4) is 0 Å². The van der Waals surface area contributed by atoms with Gasteiger partial charge in [0.05, 0.1) is 40.7 Å². The third-order valence-corrected chi connectivity index (χ3v) is 8.19. The van der Waals surface area contributed by atoms with Gasteiger partial charge in [0.2, 0.25) is 5.88 Å². The zero-order valence-electron chi connectivity index (χ0n) is 23.4. The van der Waals surface area contributed by atoms with E-state index in [4.69, 9.17) is 27.9 Å². The number of hydrogen-bond acceptors (Lipinski definition) is 8. The maximum Gasteiger partial charge on any atom is 0.306 e. The van der Waals surface area contributed by atoms with Gasteiger partial charge in [-0.25, -0.2) is 9.67 Å². The smallest absolute Gasteiger partial charge is 0.306 e. The zero-order valence-corrected chi connectivity index (χ0v) is 24.9.